The van der Waals surface area contributed by atoms with Crippen molar-refractivity contribution in [2.24, 2.45) is 0 Å². The summed E-state index contributed by atoms with van der Waals surface area (Å²) in [6.07, 6.45) is 5.67. The fourth-order valence-electron chi connectivity index (χ4n) is 0.908. The first-order chi connectivity index (χ1) is 5.79. The molecular formula is C10H17NO. The second-order valence-corrected chi connectivity index (χ2v) is 2.33. The van der Waals surface area contributed by atoms with Gasteiger partial charge in [0, 0.05) is 12.1 Å². The molecule has 2 nitrogen and oxygen atoms in total. The summed E-state index contributed by atoms with van der Waals surface area (Å²) >= 11 is 0. The van der Waals surface area contributed by atoms with Crippen LogP contribution < -0.4 is 5.32 Å². The fraction of sp³-hybridized carbons (Fsp3) is 0.400. The molecule has 0 aromatic rings. The Hall–Kier alpha value is -1.02. The van der Waals surface area contributed by atoms with Gasteiger partial charge in [-0.25, -0.2) is 0 Å². The largest absolute Gasteiger partial charge is 0.496 e. The van der Waals surface area contributed by atoms with Crippen molar-refractivity contribution in [1.29, 1.82) is 0 Å². The number of hydrogen-bond donors (Lipinski definition) is 1. The van der Waals surface area contributed by atoms with Crippen LogP contribution in [0, 0.1) is 0 Å². The van der Waals surface area contributed by atoms with E-state index in [-0.39, 0.29) is 0 Å². The van der Waals surface area contributed by atoms with Crippen molar-refractivity contribution < 1.29 is 4.74 Å². The lowest BCUT2D eigenvalue weighted by Gasteiger charge is -2.06. The molecular weight excluding hydrogens is 150 g/mol. The van der Waals surface area contributed by atoms with Crippen molar-refractivity contribution in [3.8, 4) is 0 Å². The van der Waals surface area contributed by atoms with Gasteiger partial charge in [0.15, 0.2) is 0 Å². The molecule has 2 heteroatoms. The quantitative estimate of drug-likeness (QED) is 0.498. The normalized spacial score (nSPS) is 12.9. The number of rotatable bonds is 5. The highest BCUT2D eigenvalue weighted by molar-refractivity contribution is 5.28. The van der Waals surface area contributed by atoms with Gasteiger partial charge in [0.1, 0.15) is 5.76 Å². The lowest BCUT2D eigenvalue weighted by molar-refractivity contribution is 0.302. The smallest absolute Gasteiger partial charge is 0.122 e. The molecule has 0 aliphatic rings. The number of hydrogen-bond acceptors (Lipinski definition) is 2. The molecule has 0 spiro atoms. The SMILES string of the molecule is C=C/C(CNC)=C(\C=C/C)OC. The van der Waals surface area contributed by atoms with E-state index in [2.05, 4.69) is 11.9 Å². The zero-order valence-electron chi connectivity index (χ0n) is 8.05. The average Bonchev–Trinajstić information content (AvgIpc) is 2.11. The number of methoxy groups -OCH3 is 1. The minimum absolute atomic E-state index is 0.775. The Morgan fingerprint density at radius 3 is 2.58 bits per heavy atom. The summed E-state index contributed by atoms with van der Waals surface area (Å²) in [7, 11) is 3.56. The van der Waals surface area contributed by atoms with Gasteiger partial charge in [-0.15, -0.1) is 0 Å². The van der Waals surface area contributed by atoms with Crippen LogP contribution in [0.5, 0.6) is 0 Å². The van der Waals surface area contributed by atoms with Crippen LogP contribution in [-0.4, -0.2) is 20.7 Å². The maximum atomic E-state index is 5.18. The van der Waals surface area contributed by atoms with Crippen molar-refractivity contribution in [2.75, 3.05) is 20.7 Å². The summed E-state index contributed by atoms with van der Waals surface area (Å²) in [4.78, 5) is 0. The monoisotopic (exact) mass is 167 g/mol. The van der Waals surface area contributed by atoms with Crippen LogP contribution in [0.15, 0.2) is 36.1 Å². The molecule has 0 aromatic carbocycles. The minimum atomic E-state index is 0.775. The Bertz CT molecular complexity index is 192. The molecule has 0 saturated heterocycles. The lowest BCUT2D eigenvalue weighted by atomic mass is 10.2. The second-order valence-electron chi connectivity index (χ2n) is 2.33. The molecule has 0 unspecified atom stereocenters. The van der Waals surface area contributed by atoms with E-state index in [0.717, 1.165) is 17.9 Å². The summed E-state index contributed by atoms with van der Waals surface area (Å²) in [5, 5.41) is 3.05. The first-order valence-electron chi connectivity index (χ1n) is 3.97. The highest BCUT2D eigenvalue weighted by atomic mass is 16.5. The topological polar surface area (TPSA) is 21.3 Å². The number of allylic oxidation sites excluding steroid dienone is 2. The van der Waals surface area contributed by atoms with Gasteiger partial charge >= 0.3 is 0 Å². The van der Waals surface area contributed by atoms with Gasteiger partial charge in [-0.1, -0.05) is 18.7 Å². The van der Waals surface area contributed by atoms with Crippen LogP contribution in [0.4, 0.5) is 0 Å². The van der Waals surface area contributed by atoms with E-state index in [1.54, 1.807) is 13.2 Å². The third-order valence-electron chi connectivity index (χ3n) is 1.47. The molecule has 0 bridgehead atoms. The van der Waals surface area contributed by atoms with E-state index in [4.69, 9.17) is 4.74 Å². The molecule has 0 rings (SSSR count). The fourth-order valence-corrected chi connectivity index (χ4v) is 0.908. The third-order valence-corrected chi connectivity index (χ3v) is 1.47. The van der Waals surface area contributed by atoms with Crippen molar-refractivity contribution in [3.63, 3.8) is 0 Å². The summed E-state index contributed by atoms with van der Waals surface area (Å²) in [5.41, 5.74) is 1.07. The zero-order valence-corrected chi connectivity index (χ0v) is 8.05. The molecule has 0 aliphatic carbocycles. The van der Waals surface area contributed by atoms with Gasteiger partial charge < -0.3 is 10.1 Å². The number of likely N-dealkylation sites (N-methyl/N-ethyl adjacent to an activating group) is 1. The Morgan fingerprint density at radius 1 is 1.58 bits per heavy atom. The standard InChI is InChI=1S/C10H17NO/c1-5-7-10(12-4)9(6-2)8-11-3/h5-7,11H,2,8H2,1,3-4H3/b7-5-,10-9-. The van der Waals surface area contributed by atoms with E-state index in [9.17, 15) is 0 Å². The molecule has 68 valence electrons. The maximum absolute atomic E-state index is 5.18. The second kappa shape index (κ2) is 6.68. The van der Waals surface area contributed by atoms with Crippen molar-refractivity contribution in [1.82, 2.24) is 5.32 Å². The van der Waals surface area contributed by atoms with Gasteiger partial charge in [-0.3, -0.25) is 0 Å². The van der Waals surface area contributed by atoms with Gasteiger partial charge in [-0.05, 0) is 20.0 Å². The molecule has 0 saturated carbocycles. The first-order valence-corrected chi connectivity index (χ1v) is 3.97. The Labute approximate surface area is 74.6 Å². The highest BCUT2D eigenvalue weighted by Crippen LogP contribution is 2.07. The number of ether oxygens (including phenoxy) is 1. The molecule has 0 radical (unpaired) electrons. The van der Waals surface area contributed by atoms with Gasteiger partial charge in [0.2, 0.25) is 0 Å². The van der Waals surface area contributed by atoms with Crippen molar-refractivity contribution >= 4 is 0 Å². The van der Waals surface area contributed by atoms with E-state index in [1.807, 2.05) is 26.1 Å². The predicted octanol–water partition coefficient (Wildman–Crippen LogP) is 1.87. The van der Waals surface area contributed by atoms with Crippen LogP contribution >= 0.6 is 0 Å². The molecule has 0 aliphatic heterocycles. The predicted molar refractivity (Wildman–Crippen MR) is 53.0 cm³/mol. The molecule has 0 aromatic heterocycles. The van der Waals surface area contributed by atoms with Crippen LogP contribution in [-0.2, 0) is 4.74 Å². The van der Waals surface area contributed by atoms with Crippen LogP contribution in [0.3, 0.4) is 0 Å². The Balaban J connectivity index is 4.60. The van der Waals surface area contributed by atoms with Crippen molar-refractivity contribution in [3.05, 3.63) is 36.1 Å². The molecule has 0 atom stereocenters. The Kier molecular flexibility index (Phi) is 6.11. The van der Waals surface area contributed by atoms with E-state index in [0.29, 0.717) is 0 Å². The van der Waals surface area contributed by atoms with Crippen LogP contribution in [0.1, 0.15) is 6.92 Å². The van der Waals surface area contributed by atoms with Crippen LogP contribution in [0.25, 0.3) is 0 Å². The summed E-state index contributed by atoms with van der Waals surface area (Å²) in [5.74, 6) is 0.863. The summed E-state index contributed by atoms with van der Waals surface area (Å²) in [6, 6.07) is 0. The molecule has 0 fully saturated rings. The Morgan fingerprint density at radius 2 is 2.25 bits per heavy atom. The van der Waals surface area contributed by atoms with E-state index >= 15 is 0 Å². The van der Waals surface area contributed by atoms with Crippen molar-refractivity contribution in [2.45, 2.75) is 6.92 Å². The zero-order chi connectivity index (χ0) is 9.40. The summed E-state index contributed by atoms with van der Waals surface area (Å²) in [6.45, 7) is 6.45. The van der Waals surface area contributed by atoms with Gasteiger partial charge in [0.25, 0.3) is 0 Å². The molecule has 0 amide bonds. The summed E-state index contributed by atoms with van der Waals surface area (Å²) < 4.78 is 5.18. The third kappa shape index (κ3) is 3.39. The lowest BCUT2D eigenvalue weighted by Crippen LogP contribution is -2.11. The van der Waals surface area contributed by atoms with E-state index < -0.39 is 0 Å². The highest BCUT2D eigenvalue weighted by Gasteiger charge is 1.98. The van der Waals surface area contributed by atoms with Gasteiger partial charge in [-0.2, -0.15) is 0 Å². The first kappa shape index (κ1) is 11.0. The molecule has 12 heavy (non-hydrogen) atoms. The molecule has 0 heterocycles. The maximum Gasteiger partial charge on any atom is 0.122 e. The number of nitrogens with one attached hydrogen (secondary N) is 1. The minimum Gasteiger partial charge on any atom is -0.496 e. The van der Waals surface area contributed by atoms with E-state index in [1.165, 1.54) is 0 Å². The molecule has 1 N–H and O–H groups in total. The van der Waals surface area contributed by atoms with Gasteiger partial charge in [0.05, 0.1) is 7.11 Å². The van der Waals surface area contributed by atoms with Crippen LogP contribution in [0.2, 0.25) is 0 Å². The average molecular weight is 167 g/mol.